The van der Waals surface area contributed by atoms with Gasteiger partial charge in [0.1, 0.15) is 12.1 Å². The van der Waals surface area contributed by atoms with Crippen LogP contribution in [-0.2, 0) is 21.4 Å². The smallest absolute Gasteiger partial charge is 0.283 e. The zero-order valence-corrected chi connectivity index (χ0v) is 18.4. The maximum Gasteiger partial charge on any atom is 0.283 e. The van der Waals surface area contributed by atoms with Crippen molar-refractivity contribution in [3.63, 3.8) is 0 Å². The van der Waals surface area contributed by atoms with Gasteiger partial charge in [0, 0.05) is 36.0 Å². The number of amidine groups is 1. The molecule has 5 rings (SSSR count). The quantitative estimate of drug-likeness (QED) is 0.752. The number of nitrogens with zero attached hydrogens (tertiary/aromatic N) is 2. The molecule has 1 aromatic heterocycles. The van der Waals surface area contributed by atoms with Crippen molar-refractivity contribution < 1.29 is 9.47 Å². The van der Waals surface area contributed by atoms with Gasteiger partial charge < -0.3 is 15.2 Å². The van der Waals surface area contributed by atoms with E-state index in [-0.39, 0.29) is 5.41 Å². The Bertz CT molecular complexity index is 1120. The van der Waals surface area contributed by atoms with E-state index >= 15 is 0 Å². The highest BCUT2D eigenvalue weighted by Crippen LogP contribution is 2.62. The second-order valence-electron chi connectivity index (χ2n) is 9.26. The van der Waals surface area contributed by atoms with Gasteiger partial charge >= 0.3 is 0 Å². The predicted octanol–water partition coefficient (Wildman–Crippen LogP) is 4.04. The van der Waals surface area contributed by atoms with Crippen LogP contribution in [0.5, 0.6) is 0 Å². The van der Waals surface area contributed by atoms with Gasteiger partial charge in [-0.3, -0.25) is 4.98 Å². The van der Waals surface area contributed by atoms with Gasteiger partial charge in [-0.1, -0.05) is 25.0 Å². The molecule has 5 heteroatoms. The topological polar surface area (TPSA) is 69.7 Å². The molecule has 1 fully saturated rings. The SMILES string of the molecule is CC#Cc1cncc(-c2ccc3c(c2)[C@@]2(COC(N)=N2)[C@@]2(CC[C@@H](OC)[C@H](C)C2)C3)c1. The number of ether oxygens (including phenoxy) is 2. The number of hydrogen-bond acceptors (Lipinski definition) is 5. The molecule has 1 aliphatic heterocycles. The van der Waals surface area contributed by atoms with Gasteiger partial charge in [-0.2, -0.15) is 0 Å². The van der Waals surface area contributed by atoms with E-state index in [1.807, 2.05) is 20.2 Å². The van der Waals surface area contributed by atoms with Crippen LogP contribution in [0.25, 0.3) is 11.1 Å². The van der Waals surface area contributed by atoms with Crippen molar-refractivity contribution in [3.8, 4) is 23.0 Å². The van der Waals surface area contributed by atoms with Crippen LogP contribution in [0.4, 0.5) is 0 Å². The first-order valence-electron chi connectivity index (χ1n) is 11.0. The molecule has 2 aliphatic carbocycles. The summed E-state index contributed by atoms with van der Waals surface area (Å²) in [7, 11) is 1.82. The van der Waals surface area contributed by atoms with E-state index in [1.165, 1.54) is 11.1 Å². The Balaban J connectivity index is 1.60. The molecule has 1 saturated carbocycles. The van der Waals surface area contributed by atoms with E-state index in [2.05, 4.69) is 48.0 Å². The summed E-state index contributed by atoms with van der Waals surface area (Å²) in [4.78, 5) is 9.39. The third-order valence-corrected chi connectivity index (χ3v) is 7.59. The fraction of sp³-hybridized carbons (Fsp3) is 0.462. The maximum absolute atomic E-state index is 6.10. The van der Waals surface area contributed by atoms with Gasteiger partial charge in [-0.15, -0.1) is 5.92 Å². The zero-order valence-electron chi connectivity index (χ0n) is 18.4. The molecule has 0 bridgehead atoms. The first kappa shape index (κ1) is 20.1. The summed E-state index contributed by atoms with van der Waals surface area (Å²) >= 11 is 0. The van der Waals surface area contributed by atoms with Gasteiger partial charge in [0.15, 0.2) is 0 Å². The van der Waals surface area contributed by atoms with Crippen LogP contribution in [0.2, 0.25) is 0 Å². The molecule has 4 atom stereocenters. The Morgan fingerprint density at radius 3 is 2.81 bits per heavy atom. The lowest BCUT2D eigenvalue weighted by atomic mass is 9.59. The first-order chi connectivity index (χ1) is 15.0. The van der Waals surface area contributed by atoms with Gasteiger partial charge in [-0.05, 0) is 67.3 Å². The zero-order chi connectivity index (χ0) is 21.6. The number of nitrogens with two attached hydrogens (primary N) is 1. The third kappa shape index (κ3) is 3.04. The molecule has 1 aromatic carbocycles. The Morgan fingerprint density at radius 1 is 1.23 bits per heavy atom. The first-order valence-corrected chi connectivity index (χ1v) is 11.0. The summed E-state index contributed by atoms with van der Waals surface area (Å²) in [5.41, 5.74) is 11.4. The van der Waals surface area contributed by atoms with Crippen LogP contribution in [0.3, 0.4) is 0 Å². The molecular weight excluding hydrogens is 386 g/mol. The Morgan fingerprint density at radius 2 is 2.10 bits per heavy atom. The number of aromatic nitrogens is 1. The fourth-order valence-electron chi connectivity index (χ4n) is 6.18. The number of pyridine rings is 1. The average Bonchev–Trinajstić information content (AvgIpc) is 3.28. The molecule has 2 spiro atoms. The third-order valence-electron chi connectivity index (χ3n) is 7.59. The largest absolute Gasteiger partial charge is 0.462 e. The number of benzene rings is 1. The molecule has 31 heavy (non-hydrogen) atoms. The lowest BCUT2D eigenvalue weighted by Crippen LogP contribution is -2.48. The lowest BCUT2D eigenvalue weighted by molar-refractivity contribution is -0.0445. The average molecular weight is 416 g/mol. The fourth-order valence-corrected chi connectivity index (χ4v) is 6.18. The monoisotopic (exact) mass is 415 g/mol. The summed E-state index contributed by atoms with van der Waals surface area (Å²) in [6, 6.07) is 9.14. The van der Waals surface area contributed by atoms with Crippen molar-refractivity contribution in [2.75, 3.05) is 13.7 Å². The van der Waals surface area contributed by atoms with Crippen molar-refractivity contribution >= 4 is 6.02 Å². The van der Waals surface area contributed by atoms with Gasteiger partial charge in [0.2, 0.25) is 0 Å². The highest BCUT2D eigenvalue weighted by molar-refractivity contribution is 5.76. The number of fused-ring (bicyclic) bond motifs is 3. The molecule has 2 aromatic rings. The molecule has 0 amide bonds. The van der Waals surface area contributed by atoms with E-state index in [1.54, 1.807) is 6.20 Å². The normalized spacial score (nSPS) is 31.1. The summed E-state index contributed by atoms with van der Waals surface area (Å²) in [5, 5.41) is 0. The van der Waals surface area contributed by atoms with Gasteiger partial charge in [-0.25, -0.2) is 4.99 Å². The number of hydrogen-bond donors (Lipinski definition) is 1. The minimum Gasteiger partial charge on any atom is -0.462 e. The van der Waals surface area contributed by atoms with Crippen LogP contribution >= 0.6 is 0 Å². The molecule has 3 aliphatic rings. The Kier molecular flexibility index (Phi) is 4.79. The van der Waals surface area contributed by atoms with E-state index in [0.29, 0.717) is 24.7 Å². The Hall–Kier alpha value is -2.84. The predicted molar refractivity (Wildman–Crippen MR) is 121 cm³/mol. The highest BCUT2D eigenvalue weighted by Gasteiger charge is 2.62. The van der Waals surface area contributed by atoms with E-state index in [0.717, 1.165) is 42.4 Å². The Labute approximate surface area is 184 Å². The van der Waals surface area contributed by atoms with Crippen molar-refractivity contribution in [2.24, 2.45) is 22.1 Å². The van der Waals surface area contributed by atoms with Crippen molar-refractivity contribution in [3.05, 3.63) is 53.3 Å². The van der Waals surface area contributed by atoms with Crippen LogP contribution in [0.15, 0.2) is 41.7 Å². The van der Waals surface area contributed by atoms with Crippen molar-refractivity contribution in [1.29, 1.82) is 0 Å². The molecule has 0 unspecified atom stereocenters. The van der Waals surface area contributed by atoms with E-state index < -0.39 is 5.54 Å². The van der Waals surface area contributed by atoms with Crippen LogP contribution in [0, 0.1) is 23.2 Å². The molecule has 0 radical (unpaired) electrons. The standard InChI is InChI=1S/C26H29N3O2/c1-4-5-18-10-21(15-28-14-18)19-6-7-20-13-25(9-8-23(30-3)17(2)12-25)26(22(20)11-19)16-31-24(27)29-26/h6-7,10-11,14-15,17,23H,8-9,12-13,16H2,1-3H3,(H2,27,29)/t17-,23-,25-,26+/m1/s1. The maximum atomic E-state index is 6.10. The second-order valence-corrected chi connectivity index (χ2v) is 9.26. The van der Waals surface area contributed by atoms with Crippen LogP contribution in [0.1, 0.15) is 49.8 Å². The second kappa shape index (κ2) is 7.39. The van der Waals surface area contributed by atoms with Crippen molar-refractivity contribution in [2.45, 2.75) is 51.2 Å². The van der Waals surface area contributed by atoms with Crippen molar-refractivity contribution in [1.82, 2.24) is 4.98 Å². The summed E-state index contributed by atoms with van der Waals surface area (Å²) in [6.45, 7) is 4.65. The van der Waals surface area contributed by atoms with Gasteiger partial charge in [0.05, 0.1) is 6.10 Å². The van der Waals surface area contributed by atoms with E-state index in [9.17, 15) is 0 Å². The van der Waals surface area contributed by atoms with Crippen LogP contribution < -0.4 is 5.73 Å². The summed E-state index contributed by atoms with van der Waals surface area (Å²) in [6.07, 6.45) is 8.16. The minimum atomic E-state index is -0.427. The molecule has 2 N–H and O–H groups in total. The molecule has 160 valence electrons. The summed E-state index contributed by atoms with van der Waals surface area (Å²) in [5.74, 6) is 6.52. The van der Waals surface area contributed by atoms with Gasteiger partial charge in [0.25, 0.3) is 6.02 Å². The van der Waals surface area contributed by atoms with Crippen LogP contribution in [-0.4, -0.2) is 30.8 Å². The summed E-state index contributed by atoms with van der Waals surface area (Å²) < 4.78 is 11.6. The lowest BCUT2D eigenvalue weighted by Gasteiger charge is -2.47. The van der Waals surface area contributed by atoms with E-state index in [4.69, 9.17) is 20.2 Å². The molecule has 0 saturated heterocycles. The molecule has 5 nitrogen and oxygen atoms in total. The number of rotatable bonds is 2. The number of methoxy groups -OCH3 is 1. The minimum absolute atomic E-state index is 0.0112. The highest BCUT2D eigenvalue weighted by atomic mass is 16.5. The number of aliphatic imine (C=N–C) groups is 1. The molecular formula is C26H29N3O2. The molecule has 2 heterocycles.